The van der Waals surface area contributed by atoms with E-state index in [0.717, 1.165) is 12.1 Å². The summed E-state index contributed by atoms with van der Waals surface area (Å²) in [6.07, 6.45) is 7.94. The molecule has 1 aromatic rings. The highest BCUT2D eigenvalue weighted by Crippen LogP contribution is 2.11. The van der Waals surface area contributed by atoms with Gasteiger partial charge in [-0.05, 0) is 25.8 Å². The van der Waals surface area contributed by atoms with Crippen LogP contribution in [0.4, 0.5) is 0 Å². The second kappa shape index (κ2) is 8.01. The van der Waals surface area contributed by atoms with Crippen LogP contribution in [0, 0.1) is 0 Å². The lowest BCUT2D eigenvalue weighted by atomic mass is 10.1. The van der Waals surface area contributed by atoms with E-state index in [1.807, 2.05) is 0 Å². The van der Waals surface area contributed by atoms with Gasteiger partial charge in [-0.15, -0.1) is 0 Å². The molecular formula is C13H23N3O. The van der Waals surface area contributed by atoms with E-state index < -0.39 is 0 Å². The van der Waals surface area contributed by atoms with Gasteiger partial charge in [0.05, 0.1) is 11.8 Å². The first-order valence-corrected chi connectivity index (χ1v) is 6.45. The van der Waals surface area contributed by atoms with Gasteiger partial charge in [-0.2, -0.15) is 4.98 Å². The van der Waals surface area contributed by atoms with Crippen molar-refractivity contribution < 1.29 is 4.74 Å². The summed E-state index contributed by atoms with van der Waals surface area (Å²) < 4.78 is 5.66. The fourth-order valence-corrected chi connectivity index (χ4v) is 1.64. The van der Waals surface area contributed by atoms with E-state index >= 15 is 0 Å². The van der Waals surface area contributed by atoms with Crippen LogP contribution < -0.4 is 10.5 Å². The molecule has 0 aliphatic carbocycles. The largest absolute Gasteiger partial charge is 0.460 e. The minimum Gasteiger partial charge on any atom is -0.460 e. The van der Waals surface area contributed by atoms with Crippen LogP contribution >= 0.6 is 0 Å². The van der Waals surface area contributed by atoms with Gasteiger partial charge in [0.2, 0.25) is 0 Å². The van der Waals surface area contributed by atoms with Gasteiger partial charge in [-0.1, -0.05) is 26.2 Å². The zero-order valence-corrected chi connectivity index (χ0v) is 10.9. The molecule has 0 aliphatic heterocycles. The first kappa shape index (κ1) is 13.9. The van der Waals surface area contributed by atoms with Crippen LogP contribution in [0.2, 0.25) is 0 Å². The summed E-state index contributed by atoms with van der Waals surface area (Å²) in [6, 6.07) is 2.25. The lowest BCUT2D eigenvalue weighted by Gasteiger charge is -2.13. The Morgan fingerprint density at radius 3 is 2.88 bits per heavy atom. The summed E-state index contributed by atoms with van der Waals surface area (Å²) in [7, 11) is 0. The van der Waals surface area contributed by atoms with Crippen LogP contribution in [0.25, 0.3) is 0 Å². The van der Waals surface area contributed by atoms with Crippen molar-refractivity contribution in [2.75, 3.05) is 0 Å². The van der Waals surface area contributed by atoms with Crippen molar-refractivity contribution in [3.05, 3.63) is 18.0 Å². The molecule has 1 rings (SSSR count). The number of ether oxygens (including phenoxy) is 1. The van der Waals surface area contributed by atoms with Crippen LogP contribution in [-0.4, -0.2) is 16.1 Å². The maximum absolute atomic E-state index is 5.66. The van der Waals surface area contributed by atoms with Crippen LogP contribution in [0.3, 0.4) is 0 Å². The summed E-state index contributed by atoms with van der Waals surface area (Å²) >= 11 is 0. The summed E-state index contributed by atoms with van der Waals surface area (Å²) in [5.41, 5.74) is 6.33. The minimum absolute atomic E-state index is 0.167. The Kier molecular flexibility index (Phi) is 6.55. The number of nitrogens with two attached hydrogens (primary N) is 1. The molecule has 0 bridgehead atoms. The number of hydrogen-bond acceptors (Lipinski definition) is 4. The van der Waals surface area contributed by atoms with Gasteiger partial charge < -0.3 is 10.5 Å². The molecule has 0 aromatic carbocycles. The summed E-state index contributed by atoms with van der Waals surface area (Å²) in [5, 5.41) is 0. The third-order valence-corrected chi connectivity index (χ3v) is 2.67. The minimum atomic E-state index is 0.167. The average Bonchev–Trinajstić information content (AvgIpc) is 2.35. The van der Waals surface area contributed by atoms with Crippen molar-refractivity contribution in [2.45, 2.75) is 58.6 Å². The van der Waals surface area contributed by atoms with Gasteiger partial charge in [-0.25, -0.2) is 4.98 Å². The molecule has 1 aromatic heterocycles. The molecule has 0 aliphatic rings. The zero-order chi connectivity index (χ0) is 12.5. The van der Waals surface area contributed by atoms with Gasteiger partial charge in [0.1, 0.15) is 0 Å². The van der Waals surface area contributed by atoms with Crippen LogP contribution in [0.5, 0.6) is 6.01 Å². The quantitative estimate of drug-likeness (QED) is 0.706. The fourth-order valence-electron chi connectivity index (χ4n) is 1.64. The van der Waals surface area contributed by atoms with Gasteiger partial charge in [0, 0.05) is 12.7 Å². The van der Waals surface area contributed by atoms with Gasteiger partial charge in [0.25, 0.3) is 0 Å². The number of aromatic nitrogens is 2. The highest BCUT2D eigenvalue weighted by Gasteiger charge is 2.06. The van der Waals surface area contributed by atoms with Gasteiger partial charge in [0.15, 0.2) is 0 Å². The Morgan fingerprint density at radius 2 is 2.18 bits per heavy atom. The molecular weight excluding hydrogens is 214 g/mol. The molecule has 0 spiro atoms. The predicted molar refractivity (Wildman–Crippen MR) is 68.8 cm³/mol. The Bertz CT molecular complexity index is 317. The molecule has 0 fully saturated rings. The predicted octanol–water partition coefficient (Wildman–Crippen LogP) is 2.67. The average molecular weight is 237 g/mol. The van der Waals surface area contributed by atoms with Crippen LogP contribution in [-0.2, 0) is 6.54 Å². The summed E-state index contributed by atoms with van der Waals surface area (Å²) in [6.45, 7) is 4.69. The maximum atomic E-state index is 5.66. The Labute approximate surface area is 104 Å². The van der Waals surface area contributed by atoms with Crippen molar-refractivity contribution in [3.63, 3.8) is 0 Å². The monoisotopic (exact) mass is 237 g/mol. The molecule has 0 amide bonds. The molecule has 1 heterocycles. The Morgan fingerprint density at radius 1 is 1.35 bits per heavy atom. The summed E-state index contributed by atoms with van der Waals surface area (Å²) in [5.74, 6) is 0. The molecule has 0 radical (unpaired) electrons. The normalized spacial score (nSPS) is 12.4. The van der Waals surface area contributed by atoms with Gasteiger partial charge >= 0.3 is 6.01 Å². The van der Waals surface area contributed by atoms with Crippen LogP contribution in [0.1, 0.15) is 51.6 Å². The maximum Gasteiger partial charge on any atom is 0.316 e. The number of rotatable bonds is 8. The zero-order valence-electron chi connectivity index (χ0n) is 10.9. The van der Waals surface area contributed by atoms with E-state index in [9.17, 15) is 0 Å². The van der Waals surface area contributed by atoms with E-state index in [0.29, 0.717) is 12.6 Å². The first-order chi connectivity index (χ1) is 8.26. The van der Waals surface area contributed by atoms with E-state index in [-0.39, 0.29) is 6.10 Å². The number of hydrogen-bond donors (Lipinski definition) is 1. The SMILES string of the molecule is CCCCCCC(C)Oc1nccc(CN)n1. The summed E-state index contributed by atoms with van der Waals surface area (Å²) in [4.78, 5) is 8.30. The first-order valence-electron chi connectivity index (χ1n) is 6.45. The standard InChI is InChI=1S/C13H23N3O/c1-3-4-5-6-7-11(2)17-13-15-9-8-12(10-14)16-13/h8-9,11H,3-7,10,14H2,1-2H3. The van der Waals surface area contributed by atoms with Crippen LogP contribution in [0.15, 0.2) is 12.3 Å². The van der Waals surface area contributed by atoms with Crippen molar-refractivity contribution >= 4 is 0 Å². The smallest absolute Gasteiger partial charge is 0.316 e. The third-order valence-electron chi connectivity index (χ3n) is 2.67. The topological polar surface area (TPSA) is 61.0 Å². The van der Waals surface area contributed by atoms with E-state index in [2.05, 4.69) is 23.8 Å². The molecule has 4 nitrogen and oxygen atoms in total. The second-order valence-corrected chi connectivity index (χ2v) is 4.31. The Balaban J connectivity index is 2.31. The highest BCUT2D eigenvalue weighted by atomic mass is 16.5. The lowest BCUT2D eigenvalue weighted by Crippen LogP contribution is -2.14. The van der Waals surface area contributed by atoms with Crippen molar-refractivity contribution in [1.82, 2.24) is 9.97 Å². The van der Waals surface area contributed by atoms with Crippen molar-refractivity contribution in [1.29, 1.82) is 0 Å². The molecule has 0 saturated carbocycles. The molecule has 96 valence electrons. The highest BCUT2D eigenvalue weighted by molar-refractivity contribution is 5.05. The molecule has 1 unspecified atom stereocenters. The lowest BCUT2D eigenvalue weighted by molar-refractivity contribution is 0.189. The van der Waals surface area contributed by atoms with E-state index in [1.54, 1.807) is 12.3 Å². The third kappa shape index (κ3) is 5.63. The van der Waals surface area contributed by atoms with E-state index in [1.165, 1.54) is 25.7 Å². The number of nitrogens with zero attached hydrogens (tertiary/aromatic N) is 2. The fraction of sp³-hybridized carbons (Fsp3) is 0.692. The second-order valence-electron chi connectivity index (χ2n) is 4.31. The van der Waals surface area contributed by atoms with E-state index in [4.69, 9.17) is 10.5 Å². The van der Waals surface area contributed by atoms with Crippen molar-refractivity contribution in [3.8, 4) is 6.01 Å². The molecule has 4 heteroatoms. The number of unbranched alkanes of at least 4 members (excludes halogenated alkanes) is 3. The van der Waals surface area contributed by atoms with Gasteiger partial charge in [-0.3, -0.25) is 0 Å². The van der Waals surface area contributed by atoms with Crippen molar-refractivity contribution in [2.24, 2.45) is 5.73 Å². The molecule has 2 N–H and O–H groups in total. The molecule has 1 atom stereocenters. The molecule has 17 heavy (non-hydrogen) atoms. The molecule has 0 saturated heterocycles. The Hall–Kier alpha value is -1.16.